The van der Waals surface area contributed by atoms with E-state index < -0.39 is 0 Å². The Bertz CT molecular complexity index is 1260. The quantitative estimate of drug-likeness (QED) is 0.213. The second kappa shape index (κ2) is 9.36. The number of hydrogen-bond acceptors (Lipinski definition) is 6. The predicted octanol–water partition coefficient (Wildman–Crippen LogP) is 2.07. The SMILES string of the molecule is N[C@@H](Cc1c[nH]c2ccccc12)Cn1cc(CNC(=O)/C=C/c2ccc(O)c(O)c2)nn1. The fraction of sp³-hybridized carbons (Fsp3) is 0.174. The summed E-state index contributed by atoms with van der Waals surface area (Å²) in [4.78, 5) is 15.3. The minimum Gasteiger partial charge on any atom is -0.504 e. The average Bonchev–Trinajstić information content (AvgIpc) is 3.40. The summed E-state index contributed by atoms with van der Waals surface area (Å²) in [5, 5.41) is 30.9. The third-order valence-corrected chi connectivity index (χ3v) is 5.04. The first kappa shape index (κ1) is 21.1. The monoisotopic (exact) mass is 432 g/mol. The van der Waals surface area contributed by atoms with Gasteiger partial charge in [-0.25, -0.2) is 0 Å². The van der Waals surface area contributed by atoms with Crippen molar-refractivity contribution in [3.63, 3.8) is 0 Å². The van der Waals surface area contributed by atoms with Gasteiger partial charge in [-0.3, -0.25) is 9.48 Å². The molecule has 0 saturated heterocycles. The number of rotatable bonds is 8. The predicted molar refractivity (Wildman–Crippen MR) is 121 cm³/mol. The molecule has 0 bridgehead atoms. The van der Waals surface area contributed by atoms with Crippen molar-refractivity contribution in [2.75, 3.05) is 0 Å². The molecule has 2 heterocycles. The number of nitrogens with one attached hydrogen (secondary N) is 2. The number of nitrogens with two attached hydrogens (primary N) is 1. The first-order chi connectivity index (χ1) is 15.5. The Morgan fingerprint density at radius 2 is 2.06 bits per heavy atom. The van der Waals surface area contributed by atoms with Gasteiger partial charge in [-0.05, 0) is 41.8 Å². The number of phenolic OH excluding ortho intramolecular Hbond substituents is 2. The van der Waals surface area contributed by atoms with E-state index in [1.807, 2.05) is 24.4 Å². The minimum absolute atomic E-state index is 0.136. The molecule has 0 radical (unpaired) electrons. The third-order valence-electron chi connectivity index (χ3n) is 5.04. The number of phenols is 2. The second-order valence-electron chi connectivity index (χ2n) is 7.55. The van der Waals surface area contributed by atoms with Crippen molar-refractivity contribution in [1.82, 2.24) is 25.3 Å². The van der Waals surface area contributed by atoms with Crippen LogP contribution in [-0.4, -0.2) is 42.1 Å². The molecule has 0 aliphatic heterocycles. The summed E-state index contributed by atoms with van der Waals surface area (Å²) in [7, 11) is 0. The number of benzene rings is 2. The number of carbonyl (C=O) groups excluding carboxylic acids is 1. The number of fused-ring (bicyclic) bond motifs is 1. The molecular formula is C23H24N6O3. The lowest BCUT2D eigenvalue weighted by Crippen LogP contribution is -2.28. The maximum atomic E-state index is 12.0. The highest BCUT2D eigenvalue weighted by Gasteiger charge is 2.11. The number of para-hydroxylation sites is 1. The highest BCUT2D eigenvalue weighted by molar-refractivity contribution is 5.91. The van der Waals surface area contributed by atoms with Crippen LogP contribution in [0.3, 0.4) is 0 Å². The summed E-state index contributed by atoms with van der Waals surface area (Å²) in [5.41, 5.74) is 9.78. The number of amides is 1. The number of nitrogens with zero attached hydrogens (tertiary/aromatic N) is 3. The van der Waals surface area contributed by atoms with Crippen LogP contribution in [0.5, 0.6) is 11.5 Å². The molecule has 9 heteroatoms. The first-order valence-corrected chi connectivity index (χ1v) is 10.2. The maximum absolute atomic E-state index is 12.0. The summed E-state index contributed by atoms with van der Waals surface area (Å²) in [6.45, 7) is 0.729. The molecule has 0 spiro atoms. The Morgan fingerprint density at radius 1 is 1.22 bits per heavy atom. The molecule has 2 aromatic heterocycles. The number of carbonyl (C=O) groups is 1. The van der Waals surface area contributed by atoms with Crippen LogP contribution in [0.1, 0.15) is 16.8 Å². The van der Waals surface area contributed by atoms with Crippen molar-refractivity contribution >= 4 is 22.9 Å². The molecule has 9 nitrogen and oxygen atoms in total. The van der Waals surface area contributed by atoms with Crippen LogP contribution in [0.15, 0.2) is 60.9 Å². The van der Waals surface area contributed by atoms with Crippen molar-refractivity contribution in [2.45, 2.75) is 25.6 Å². The second-order valence-corrected chi connectivity index (χ2v) is 7.55. The highest BCUT2D eigenvalue weighted by atomic mass is 16.3. The molecule has 4 aromatic rings. The normalized spacial score (nSPS) is 12.4. The van der Waals surface area contributed by atoms with Crippen LogP contribution in [0.4, 0.5) is 0 Å². The van der Waals surface area contributed by atoms with Crippen LogP contribution in [0.25, 0.3) is 17.0 Å². The van der Waals surface area contributed by atoms with Gasteiger partial charge in [0.1, 0.15) is 5.69 Å². The van der Waals surface area contributed by atoms with Gasteiger partial charge in [-0.15, -0.1) is 5.10 Å². The molecule has 0 fully saturated rings. The largest absolute Gasteiger partial charge is 0.504 e. The first-order valence-electron chi connectivity index (χ1n) is 10.2. The average molecular weight is 432 g/mol. The van der Waals surface area contributed by atoms with E-state index in [2.05, 4.69) is 26.7 Å². The molecule has 1 amide bonds. The molecule has 0 saturated carbocycles. The van der Waals surface area contributed by atoms with Crippen molar-refractivity contribution in [3.8, 4) is 11.5 Å². The lowest BCUT2D eigenvalue weighted by Gasteiger charge is -2.10. The van der Waals surface area contributed by atoms with E-state index in [1.54, 1.807) is 16.9 Å². The fourth-order valence-corrected chi connectivity index (χ4v) is 3.45. The maximum Gasteiger partial charge on any atom is 0.244 e. The zero-order chi connectivity index (χ0) is 22.5. The van der Waals surface area contributed by atoms with Crippen molar-refractivity contribution in [2.24, 2.45) is 5.73 Å². The van der Waals surface area contributed by atoms with Gasteiger partial charge in [0.15, 0.2) is 11.5 Å². The molecule has 0 unspecified atom stereocenters. The Balaban J connectivity index is 1.27. The van der Waals surface area contributed by atoms with Gasteiger partial charge in [0.05, 0.1) is 19.3 Å². The van der Waals surface area contributed by atoms with Crippen LogP contribution in [0, 0.1) is 0 Å². The Hall–Kier alpha value is -4.11. The van der Waals surface area contributed by atoms with Gasteiger partial charge in [-0.1, -0.05) is 29.5 Å². The van der Waals surface area contributed by atoms with Crippen molar-refractivity contribution in [1.29, 1.82) is 0 Å². The molecule has 164 valence electrons. The number of hydrogen-bond donors (Lipinski definition) is 5. The zero-order valence-corrected chi connectivity index (χ0v) is 17.3. The molecule has 6 N–H and O–H groups in total. The van der Waals surface area contributed by atoms with E-state index in [1.165, 1.54) is 29.7 Å². The summed E-state index contributed by atoms with van der Waals surface area (Å²) < 4.78 is 1.68. The molecular weight excluding hydrogens is 408 g/mol. The topological polar surface area (TPSA) is 142 Å². The van der Waals surface area contributed by atoms with E-state index in [-0.39, 0.29) is 30.0 Å². The molecule has 4 rings (SSSR count). The minimum atomic E-state index is -0.317. The number of aromatic amines is 1. The summed E-state index contributed by atoms with van der Waals surface area (Å²) in [6, 6.07) is 12.3. The summed E-state index contributed by atoms with van der Waals surface area (Å²) in [5.74, 6) is -0.772. The highest BCUT2D eigenvalue weighted by Crippen LogP contribution is 2.25. The molecule has 2 aromatic carbocycles. The summed E-state index contributed by atoms with van der Waals surface area (Å²) in [6.07, 6.45) is 7.33. The van der Waals surface area contributed by atoms with Crippen molar-refractivity contribution in [3.05, 3.63) is 77.8 Å². The number of aromatic hydroxyl groups is 2. The molecule has 32 heavy (non-hydrogen) atoms. The van der Waals surface area contributed by atoms with Gasteiger partial charge in [0.25, 0.3) is 0 Å². The van der Waals surface area contributed by atoms with Crippen LogP contribution in [-0.2, 0) is 24.3 Å². The van der Waals surface area contributed by atoms with Crippen LogP contribution in [0.2, 0.25) is 0 Å². The Kier molecular flexibility index (Phi) is 6.18. The van der Waals surface area contributed by atoms with Gasteiger partial charge in [0, 0.05) is 29.2 Å². The summed E-state index contributed by atoms with van der Waals surface area (Å²) >= 11 is 0. The van der Waals surface area contributed by atoms with E-state index in [9.17, 15) is 15.0 Å². The van der Waals surface area contributed by atoms with Crippen molar-refractivity contribution < 1.29 is 15.0 Å². The van der Waals surface area contributed by atoms with Crippen LogP contribution < -0.4 is 11.1 Å². The Labute approximate surface area is 184 Å². The zero-order valence-electron chi connectivity index (χ0n) is 17.3. The number of H-pyrrole nitrogens is 1. The third kappa shape index (κ3) is 5.13. The van der Waals surface area contributed by atoms with E-state index >= 15 is 0 Å². The van der Waals surface area contributed by atoms with Gasteiger partial charge >= 0.3 is 0 Å². The van der Waals surface area contributed by atoms with Gasteiger partial charge in [0.2, 0.25) is 5.91 Å². The van der Waals surface area contributed by atoms with E-state index in [4.69, 9.17) is 5.73 Å². The van der Waals surface area contributed by atoms with E-state index in [0.717, 1.165) is 11.1 Å². The van der Waals surface area contributed by atoms with E-state index in [0.29, 0.717) is 24.2 Å². The standard InChI is InChI=1S/C23H24N6O3/c24-17(10-16-11-25-20-4-2-1-3-19(16)20)13-29-14-18(27-28-29)12-26-23(32)8-6-15-5-7-21(30)22(31)9-15/h1-9,11,14,17,25,30-31H,10,12-13,24H2,(H,26,32)/b8-6+/t17-/m0/s1. The van der Waals surface area contributed by atoms with Crippen LogP contribution >= 0.6 is 0 Å². The van der Waals surface area contributed by atoms with Gasteiger partial charge in [-0.2, -0.15) is 0 Å². The smallest absolute Gasteiger partial charge is 0.244 e. The molecule has 1 atom stereocenters. The number of aromatic nitrogens is 4. The lowest BCUT2D eigenvalue weighted by atomic mass is 10.1. The molecule has 0 aliphatic carbocycles. The van der Waals surface area contributed by atoms with Gasteiger partial charge < -0.3 is 26.2 Å². The molecule has 0 aliphatic rings. The fourth-order valence-electron chi connectivity index (χ4n) is 3.45. The lowest BCUT2D eigenvalue weighted by molar-refractivity contribution is -0.116. The Morgan fingerprint density at radius 3 is 2.91 bits per heavy atom.